The van der Waals surface area contributed by atoms with Gasteiger partial charge < -0.3 is 9.88 Å². The summed E-state index contributed by atoms with van der Waals surface area (Å²) >= 11 is 1.62. The Bertz CT molecular complexity index is 787. The second kappa shape index (κ2) is 5.53. The Morgan fingerprint density at radius 1 is 1.32 bits per heavy atom. The molecule has 0 saturated carbocycles. The van der Waals surface area contributed by atoms with E-state index in [0.717, 1.165) is 42.0 Å². The summed E-state index contributed by atoms with van der Waals surface area (Å²) in [6.45, 7) is 1.54. The number of carbonyl (C=O) groups is 1. The molecule has 0 atom stereocenters. The van der Waals surface area contributed by atoms with Gasteiger partial charge in [0.2, 0.25) is 0 Å². The molecule has 4 rings (SSSR count). The monoisotopic (exact) mass is 312 g/mol. The standard InChI is InChI=1S/C16H16N4OS/c21-16(12-9-14-13(19-10-12)3-8-22-14)20-6-1-11(2-7-20)15-17-4-5-18-15/h3-5,8-11H,1-2,6-7H2,(H,17,18). The van der Waals surface area contributed by atoms with E-state index in [-0.39, 0.29) is 5.91 Å². The molecule has 0 unspecified atom stereocenters. The average molecular weight is 312 g/mol. The first-order valence-corrected chi connectivity index (χ1v) is 8.31. The van der Waals surface area contributed by atoms with Crippen molar-refractivity contribution < 1.29 is 4.79 Å². The number of piperidine rings is 1. The summed E-state index contributed by atoms with van der Waals surface area (Å²) < 4.78 is 1.07. The molecule has 0 spiro atoms. The molecule has 0 bridgehead atoms. The van der Waals surface area contributed by atoms with Gasteiger partial charge in [0, 0.05) is 37.6 Å². The Morgan fingerprint density at radius 3 is 2.95 bits per heavy atom. The van der Waals surface area contributed by atoms with Crippen molar-refractivity contribution in [3.8, 4) is 0 Å². The maximum Gasteiger partial charge on any atom is 0.255 e. The molecule has 1 N–H and O–H groups in total. The minimum Gasteiger partial charge on any atom is -0.348 e. The third kappa shape index (κ3) is 2.39. The van der Waals surface area contributed by atoms with Crippen molar-refractivity contribution >= 4 is 27.5 Å². The number of H-pyrrole nitrogens is 1. The van der Waals surface area contributed by atoms with Crippen molar-refractivity contribution in [2.24, 2.45) is 0 Å². The van der Waals surface area contributed by atoms with Gasteiger partial charge in [0.05, 0.1) is 15.8 Å². The molecule has 5 nitrogen and oxygen atoms in total. The fourth-order valence-electron chi connectivity index (χ4n) is 3.00. The molecule has 0 aromatic carbocycles. The Kier molecular flexibility index (Phi) is 3.38. The number of nitrogens with one attached hydrogen (secondary N) is 1. The van der Waals surface area contributed by atoms with Gasteiger partial charge in [-0.15, -0.1) is 11.3 Å². The lowest BCUT2D eigenvalue weighted by atomic mass is 9.96. The number of amides is 1. The molecule has 3 aromatic rings. The smallest absolute Gasteiger partial charge is 0.255 e. The predicted octanol–water partition coefficient (Wildman–Crippen LogP) is 3.04. The van der Waals surface area contributed by atoms with E-state index in [1.165, 1.54) is 0 Å². The van der Waals surface area contributed by atoms with Gasteiger partial charge in [-0.2, -0.15) is 0 Å². The van der Waals surface area contributed by atoms with Crippen LogP contribution in [0.2, 0.25) is 0 Å². The lowest BCUT2D eigenvalue weighted by Gasteiger charge is -2.31. The number of fused-ring (bicyclic) bond motifs is 1. The van der Waals surface area contributed by atoms with Gasteiger partial charge in [-0.05, 0) is 30.4 Å². The number of pyridine rings is 1. The van der Waals surface area contributed by atoms with Crippen LogP contribution in [-0.4, -0.2) is 38.8 Å². The molecule has 4 heterocycles. The Balaban J connectivity index is 1.47. The number of thiophene rings is 1. The number of imidazole rings is 1. The van der Waals surface area contributed by atoms with Gasteiger partial charge in [0.1, 0.15) is 5.82 Å². The normalized spacial score (nSPS) is 16.3. The van der Waals surface area contributed by atoms with Crippen molar-refractivity contribution in [3.05, 3.63) is 47.5 Å². The zero-order chi connectivity index (χ0) is 14.9. The molecule has 1 aliphatic rings. The van der Waals surface area contributed by atoms with E-state index in [4.69, 9.17) is 0 Å². The first kappa shape index (κ1) is 13.5. The summed E-state index contributed by atoms with van der Waals surface area (Å²) in [5.74, 6) is 1.55. The zero-order valence-electron chi connectivity index (χ0n) is 12.0. The molecule has 1 saturated heterocycles. The second-order valence-corrected chi connectivity index (χ2v) is 6.52. The zero-order valence-corrected chi connectivity index (χ0v) is 12.8. The number of aromatic amines is 1. The lowest BCUT2D eigenvalue weighted by molar-refractivity contribution is 0.0711. The molecular formula is C16H16N4OS. The van der Waals surface area contributed by atoms with Crippen molar-refractivity contribution in [3.63, 3.8) is 0 Å². The number of likely N-dealkylation sites (tertiary alicyclic amines) is 1. The van der Waals surface area contributed by atoms with Crippen molar-refractivity contribution in [2.45, 2.75) is 18.8 Å². The highest BCUT2D eigenvalue weighted by molar-refractivity contribution is 7.17. The summed E-state index contributed by atoms with van der Waals surface area (Å²) in [5, 5.41) is 2.00. The second-order valence-electron chi connectivity index (χ2n) is 5.57. The molecule has 1 aliphatic heterocycles. The summed E-state index contributed by atoms with van der Waals surface area (Å²) in [7, 11) is 0. The van der Waals surface area contributed by atoms with Crippen LogP contribution >= 0.6 is 11.3 Å². The van der Waals surface area contributed by atoms with E-state index in [1.807, 2.05) is 28.6 Å². The third-order valence-corrected chi connectivity index (χ3v) is 5.09. The van der Waals surface area contributed by atoms with E-state index < -0.39 is 0 Å². The van der Waals surface area contributed by atoms with Crippen molar-refractivity contribution in [2.75, 3.05) is 13.1 Å². The molecule has 1 amide bonds. The number of aromatic nitrogens is 3. The molecule has 0 aliphatic carbocycles. The van der Waals surface area contributed by atoms with Crippen molar-refractivity contribution in [1.29, 1.82) is 0 Å². The molecule has 6 heteroatoms. The van der Waals surface area contributed by atoms with Crippen LogP contribution in [0.4, 0.5) is 0 Å². The summed E-state index contributed by atoms with van der Waals surface area (Å²) in [6, 6.07) is 3.93. The number of hydrogen-bond acceptors (Lipinski definition) is 4. The first-order valence-electron chi connectivity index (χ1n) is 7.43. The molecule has 1 fully saturated rings. The highest BCUT2D eigenvalue weighted by Gasteiger charge is 2.26. The van der Waals surface area contributed by atoms with Gasteiger partial charge in [-0.1, -0.05) is 0 Å². The fraction of sp³-hybridized carbons (Fsp3) is 0.312. The van der Waals surface area contributed by atoms with Gasteiger partial charge in [0.25, 0.3) is 5.91 Å². The van der Waals surface area contributed by atoms with Gasteiger partial charge in [0.15, 0.2) is 0 Å². The van der Waals surface area contributed by atoms with Gasteiger partial charge in [-0.3, -0.25) is 9.78 Å². The lowest BCUT2D eigenvalue weighted by Crippen LogP contribution is -2.38. The Hall–Kier alpha value is -2.21. The molecule has 112 valence electrons. The number of hydrogen-bond donors (Lipinski definition) is 1. The summed E-state index contributed by atoms with van der Waals surface area (Å²) in [6.07, 6.45) is 7.24. The van der Waals surface area contributed by atoms with Gasteiger partial charge >= 0.3 is 0 Å². The van der Waals surface area contributed by atoms with Crippen molar-refractivity contribution in [1.82, 2.24) is 19.9 Å². The topological polar surface area (TPSA) is 61.9 Å². The average Bonchev–Trinajstić information content (AvgIpc) is 3.25. The fourth-order valence-corrected chi connectivity index (χ4v) is 3.78. The molecule has 0 radical (unpaired) electrons. The number of nitrogens with zero attached hydrogens (tertiary/aromatic N) is 3. The van der Waals surface area contributed by atoms with E-state index in [1.54, 1.807) is 23.7 Å². The van der Waals surface area contributed by atoms with Crippen LogP contribution in [0, 0.1) is 0 Å². The highest BCUT2D eigenvalue weighted by atomic mass is 32.1. The SMILES string of the molecule is O=C(c1cnc2ccsc2c1)N1CCC(c2ncc[nH]2)CC1. The predicted molar refractivity (Wildman–Crippen MR) is 86.1 cm³/mol. The van der Waals surface area contributed by atoms with Crippen LogP contribution in [-0.2, 0) is 0 Å². The van der Waals surface area contributed by atoms with E-state index in [9.17, 15) is 4.79 Å². The third-order valence-electron chi connectivity index (χ3n) is 4.24. The van der Waals surface area contributed by atoms with Crippen LogP contribution in [0.1, 0.15) is 34.9 Å². The minimum atomic E-state index is 0.0840. The van der Waals surface area contributed by atoms with Gasteiger partial charge in [-0.25, -0.2) is 4.98 Å². The molecule has 22 heavy (non-hydrogen) atoms. The molecular weight excluding hydrogens is 296 g/mol. The maximum absolute atomic E-state index is 12.6. The van der Waals surface area contributed by atoms with E-state index in [2.05, 4.69) is 15.0 Å². The first-order chi connectivity index (χ1) is 10.8. The highest BCUT2D eigenvalue weighted by Crippen LogP contribution is 2.27. The largest absolute Gasteiger partial charge is 0.348 e. The minimum absolute atomic E-state index is 0.0840. The molecule has 3 aromatic heterocycles. The van der Waals surface area contributed by atoms with Crippen LogP contribution in [0.3, 0.4) is 0 Å². The van der Waals surface area contributed by atoms with E-state index in [0.29, 0.717) is 11.5 Å². The maximum atomic E-state index is 12.6. The quantitative estimate of drug-likeness (QED) is 0.791. The summed E-state index contributed by atoms with van der Waals surface area (Å²) in [4.78, 5) is 26.4. The van der Waals surface area contributed by atoms with Crippen LogP contribution in [0.5, 0.6) is 0 Å². The number of rotatable bonds is 2. The Morgan fingerprint density at radius 2 is 2.18 bits per heavy atom. The number of carbonyl (C=O) groups excluding carboxylic acids is 1. The van der Waals surface area contributed by atoms with Crippen LogP contribution < -0.4 is 0 Å². The van der Waals surface area contributed by atoms with Crippen LogP contribution in [0.25, 0.3) is 10.2 Å². The summed E-state index contributed by atoms with van der Waals surface area (Å²) in [5.41, 5.74) is 1.64. The van der Waals surface area contributed by atoms with Crippen LogP contribution in [0.15, 0.2) is 36.1 Å². The van der Waals surface area contributed by atoms with E-state index >= 15 is 0 Å². The Labute approximate surface area is 132 Å².